The fraction of sp³-hybridized carbons (Fsp3) is 0.444. The number of rotatable bonds is 8. The van der Waals surface area contributed by atoms with Gasteiger partial charge in [0, 0.05) is 36.5 Å². The van der Waals surface area contributed by atoms with Crippen LogP contribution in [0.25, 0.3) is 0 Å². The Hall–Kier alpha value is -3.68. The molecule has 2 amide bonds. The fourth-order valence-corrected chi connectivity index (χ4v) is 5.70. The van der Waals surface area contributed by atoms with Crippen LogP contribution < -0.4 is 15.4 Å². The van der Waals surface area contributed by atoms with Crippen LogP contribution in [0.15, 0.2) is 42.1 Å². The number of fused-ring (bicyclic) bond motifs is 2. The summed E-state index contributed by atoms with van der Waals surface area (Å²) in [5, 5.41) is 14.0. The predicted molar refractivity (Wildman–Crippen MR) is 131 cm³/mol. The van der Waals surface area contributed by atoms with E-state index in [-0.39, 0.29) is 42.5 Å². The van der Waals surface area contributed by atoms with Crippen molar-refractivity contribution in [2.45, 2.75) is 44.1 Å². The number of aromatic nitrogens is 1. The molecular formula is C27H26F7N3O4. The summed E-state index contributed by atoms with van der Waals surface area (Å²) in [6.07, 6.45) is -7.01. The summed E-state index contributed by atoms with van der Waals surface area (Å²) in [6.45, 7) is -0.109. The van der Waals surface area contributed by atoms with Crippen molar-refractivity contribution in [1.29, 1.82) is 0 Å². The molecule has 1 heterocycles. The third kappa shape index (κ3) is 6.63. The van der Waals surface area contributed by atoms with Crippen LogP contribution in [0.3, 0.4) is 0 Å². The minimum atomic E-state index is -5.05. The van der Waals surface area contributed by atoms with Crippen LogP contribution >= 0.6 is 0 Å². The number of ether oxygens (including phenoxy) is 1. The van der Waals surface area contributed by atoms with E-state index in [4.69, 9.17) is 9.84 Å². The van der Waals surface area contributed by atoms with Gasteiger partial charge in [-0.2, -0.15) is 26.3 Å². The second kappa shape index (κ2) is 11.7. The third-order valence-electron chi connectivity index (χ3n) is 7.34. The first-order chi connectivity index (χ1) is 19.2. The molecule has 0 spiro atoms. The molecule has 41 heavy (non-hydrogen) atoms. The topological polar surface area (TPSA) is 101 Å². The molecule has 4 rings (SSSR count). The number of aliphatic hydroxyl groups excluding tert-OH is 1. The van der Waals surface area contributed by atoms with Crippen molar-refractivity contribution in [1.82, 2.24) is 10.3 Å². The summed E-state index contributed by atoms with van der Waals surface area (Å²) < 4.78 is 98.6. The van der Waals surface area contributed by atoms with Crippen LogP contribution in [-0.4, -0.2) is 47.8 Å². The smallest absolute Gasteiger partial charge is 0.419 e. The Balaban J connectivity index is 1.66. The van der Waals surface area contributed by atoms with Gasteiger partial charge >= 0.3 is 12.4 Å². The second-order valence-electron chi connectivity index (χ2n) is 9.91. The Bertz CT molecular complexity index is 1340. The summed E-state index contributed by atoms with van der Waals surface area (Å²) in [4.78, 5) is 30.8. The average Bonchev–Trinajstić information content (AvgIpc) is 3.40. The number of aliphatic hydroxyl groups is 1. The molecule has 2 saturated carbocycles. The van der Waals surface area contributed by atoms with Crippen molar-refractivity contribution in [3.8, 4) is 5.88 Å². The molecule has 2 fully saturated rings. The van der Waals surface area contributed by atoms with Gasteiger partial charge in [0.1, 0.15) is 11.4 Å². The van der Waals surface area contributed by atoms with Gasteiger partial charge in [0.2, 0.25) is 11.8 Å². The fourth-order valence-electron chi connectivity index (χ4n) is 5.70. The van der Waals surface area contributed by atoms with Crippen molar-refractivity contribution in [2.75, 3.05) is 19.0 Å². The molecule has 3 N–H and O–H groups in total. The lowest BCUT2D eigenvalue weighted by Gasteiger charge is -2.30. The molecule has 222 valence electrons. The van der Waals surface area contributed by atoms with Crippen LogP contribution in [0.4, 0.5) is 36.4 Å². The van der Waals surface area contributed by atoms with E-state index in [1.807, 2.05) is 0 Å². The number of alkyl halides is 6. The zero-order valence-corrected chi connectivity index (χ0v) is 21.6. The van der Waals surface area contributed by atoms with Crippen molar-refractivity contribution in [3.05, 3.63) is 64.6 Å². The maximum atomic E-state index is 13.7. The van der Waals surface area contributed by atoms with Gasteiger partial charge in [0.05, 0.1) is 18.6 Å². The van der Waals surface area contributed by atoms with Crippen LogP contribution in [0.1, 0.15) is 40.7 Å². The number of anilines is 1. The van der Waals surface area contributed by atoms with Gasteiger partial charge in [0.15, 0.2) is 0 Å². The van der Waals surface area contributed by atoms with Gasteiger partial charge in [-0.25, -0.2) is 9.37 Å². The van der Waals surface area contributed by atoms with Gasteiger partial charge in [-0.05, 0) is 61.4 Å². The van der Waals surface area contributed by atoms with E-state index < -0.39 is 65.0 Å². The number of pyridine rings is 1. The summed E-state index contributed by atoms with van der Waals surface area (Å²) >= 11 is 0. The van der Waals surface area contributed by atoms with E-state index in [1.54, 1.807) is 0 Å². The molecule has 1 aromatic carbocycles. The monoisotopic (exact) mass is 589 g/mol. The summed E-state index contributed by atoms with van der Waals surface area (Å²) in [5.41, 5.74) is -1.56. The van der Waals surface area contributed by atoms with Crippen LogP contribution in [0, 0.1) is 23.6 Å². The molecule has 2 aliphatic rings. The minimum absolute atomic E-state index is 0.0421. The lowest BCUT2D eigenvalue weighted by molar-refractivity contribution is -0.140. The van der Waals surface area contributed by atoms with Gasteiger partial charge < -0.3 is 20.5 Å². The number of amides is 2. The first-order valence-corrected chi connectivity index (χ1v) is 12.6. The quantitative estimate of drug-likeness (QED) is 0.296. The number of nitrogens with zero attached hydrogens (tertiary/aromatic N) is 1. The highest BCUT2D eigenvalue weighted by Crippen LogP contribution is 2.54. The van der Waals surface area contributed by atoms with Crippen LogP contribution in [0.5, 0.6) is 5.88 Å². The molecule has 0 aliphatic heterocycles. The number of carbonyl (C=O) groups excluding carboxylic acids is 2. The van der Waals surface area contributed by atoms with Gasteiger partial charge in [-0.1, -0.05) is 5.57 Å². The minimum Gasteiger partial charge on any atom is -0.480 e. The van der Waals surface area contributed by atoms with E-state index in [0.717, 1.165) is 6.07 Å². The molecule has 2 unspecified atom stereocenters. The maximum Gasteiger partial charge on any atom is 0.419 e. The number of benzene rings is 1. The Labute approximate surface area is 229 Å². The molecule has 2 aromatic rings. The first-order valence-electron chi connectivity index (χ1n) is 12.6. The van der Waals surface area contributed by atoms with Crippen molar-refractivity contribution < 1.29 is 50.2 Å². The van der Waals surface area contributed by atoms with E-state index in [1.165, 1.54) is 19.4 Å². The Morgan fingerprint density at radius 1 is 1.12 bits per heavy atom. The van der Waals surface area contributed by atoms with Crippen LogP contribution in [-0.2, 0) is 17.4 Å². The predicted octanol–water partition coefficient (Wildman–Crippen LogP) is 5.05. The number of aryl methyl sites for hydroxylation is 1. The zero-order chi connectivity index (χ0) is 30.1. The second-order valence-corrected chi connectivity index (χ2v) is 9.91. The van der Waals surface area contributed by atoms with Gasteiger partial charge in [-0.3, -0.25) is 9.59 Å². The highest BCUT2D eigenvalue weighted by molar-refractivity contribution is 5.98. The zero-order valence-electron chi connectivity index (χ0n) is 21.6. The van der Waals surface area contributed by atoms with E-state index in [0.29, 0.717) is 30.5 Å². The van der Waals surface area contributed by atoms with Gasteiger partial charge in [-0.15, -0.1) is 0 Å². The van der Waals surface area contributed by atoms with E-state index in [2.05, 4.69) is 15.6 Å². The Morgan fingerprint density at radius 2 is 1.83 bits per heavy atom. The molecule has 4 atom stereocenters. The molecule has 1 aromatic heterocycles. The molecular weight excluding hydrogens is 563 g/mol. The lowest BCUT2D eigenvalue weighted by Crippen LogP contribution is -2.48. The highest BCUT2D eigenvalue weighted by atomic mass is 19.4. The summed E-state index contributed by atoms with van der Waals surface area (Å²) in [7, 11) is 1.27. The number of allylic oxidation sites excluding steroid dienone is 1. The van der Waals surface area contributed by atoms with Crippen LogP contribution in [0.2, 0.25) is 0 Å². The number of carbonyl (C=O) groups is 2. The Kier molecular flexibility index (Phi) is 8.62. The third-order valence-corrected chi connectivity index (χ3v) is 7.34. The number of hydrogen-bond donors (Lipinski definition) is 3. The maximum absolute atomic E-state index is 13.7. The first kappa shape index (κ1) is 30.3. The summed E-state index contributed by atoms with van der Waals surface area (Å²) in [6, 6.07) is 2.15. The van der Waals surface area contributed by atoms with E-state index >= 15 is 0 Å². The van der Waals surface area contributed by atoms with Crippen molar-refractivity contribution >= 4 is 17.5 Å². The van der Waals surface area contributed by atoms with Crippen molar-refractivity contribution in [3.63, 3.8) is 0 Å². The molecule has 14 heteroatoms. The average molecular weight is 590 g/mol. The number of hydrogen-bond acceptors (Lipinski definition) is 5. The molecule has 0 saturated heterocycles. The number of nitrogens with one attached hydrogen (secondary N) is 2. The molecule has 7 nitrogen and oxygen atoms in total. The molecule has 2 bridgehead atoms. The number of methoxy groups -OCH3 is 1. The largest absolute Gasteiger partial charge is 0.480 e. The standard InChI is InChI=1S/C27H26F7N3O4/c1-41-25-17(9-13(12-35-25)3-2-8-38)23(39)37-22-16-6-5-15(18(16)11-26(29,30)31)21(22)24(40)36-14-4-7-20(28)19(10-14)27(32,33)34/h4,7,9-12,15-16,21-22,38H,2-3,5-6,8H2,1H3,(H,36,40)(H,37,39)/b18-11-/t15?,16?,21-,22+/m0/s1. The lowest BCUT2D eigenvalue weighted by atomic mass is 9.83. The number of halogens is 7. The SMILES string of the molecule is COc1ncc(CCCO)cc1C(=O)N[C@@H]1C2CCC(/C2=C/C(F)(F)F)[C@@H]1C(=O)Nc1ccc(F)c(C(F)(F)F)c1. The molecule has 2 aliphatic carbocycles. The highest BCUT2D eigenvalue weighted by Gasteiger charge is 2.55. The Morgan fingerprint density at radius 3 is 2.46 bits per heavy atom. The normalized spacial score (nSPS) is 23.1. The molecule has 0 radical (unpaired) electrons. The van der Waals surface area contributed by atoms with Crippen molar-refractivity contribution in [2.24, 2.45) is 17.8 Å². The summed E-state index contributed by atoms with van der Waals surface area (Å²) in [5.74, 6) is -6.39. The van der Waals surface area contributed by atoms with Gasteiger partial charge in [0.25, 0.3) is 5.91 Å². The van der Waals surface area contributed by atoms with E-state index in [9.17, 15) is 40.3 Å².